The van der Waals surface area contributed by atoms with Crippen molar-refractivity contribution in [3.63, 3.8) is 0 Å². The quantitative estimate of drug-likeness (QED) is 0.871. The fraction of sp³-hybridized carbons (Fsp3) is 0.529. The van der Waals surface area contributed by atoms with Crippen molar-refractivity contribution < 1.29 is 14.6 Å². The van der Waals surface area contributed by atoms with Crippen LogP contribution in [0.4, 0.5) is 0 Å². The van der Waals surface area contributed by atoms with Gasteiger partial charge in [-0.1, -0.05) is 12.1 Å². The smallest absolute Gasteiger partial charge is 0.263 e. The van der Waals surface area contributed by atoms with Gasteiger partial charge in [-0.05, 0) is 26.0 Å². The van der Waals surface area contributed by atoms with E-state index in [1.165, 1.54) is 0 Å². The molecule has 0 bridgehead atoms. The number of benzene rings is 1. The zero-order valence-electron chi connectivity index (χ0n) is 13.6. The number of amides is 1. The molecule has 1 fully saturated rings. The normalized spacial score (nSPS) is 18.1. The Morgan fingerprint density at radius 2 is 1.96 bits per heavy atom. The van der Waals surface area contributed by atoms with Gasteiger partial charge in [0.25, 0.3) is 5.91 Å². The van der Waals surface area contributed by atoms with Crippen molar-refractivity contribution in [1.29, 1.82) is 5.26 Å². The third-order valence-electron chi connectivity index (χ3n) is 3.87. The number of ether oxygens (including phenoxy) is 1. The van der Waals surface area contributed by atoms with Crippen LogP contribution >= 0.6 is 0 Å². The summed E-state index contributed by atoms with van der Waals surface area (Å²) >= 11 is 0. The van der Waals surface area contributed by atoms with E-state index in [2.05, 4.69) is 11.0 Å². The molecule has 2 unspecified atom stereocenters. The lowest BCUT2D eigenvalue weighted by Crippen LogP contribution is -2.52. The number of carbonyl (C=O) groups is 1. The summed E-state index contributed by atoms with van der Waals surface area (Å²) < 4.78 is 5.68. The van der Waals surface area contributed by atoms with Crippen molar-refractivity contribution >= 4 is 5.91 Å². The number of aliphatic hydroxyl groups excluding tert-OH is 1. The highest BCUT2D eigenvalue weighted by molar-refractivity contribution is 5.81. The highest BCUT2D eigenvalue weighted by Crippen LogP contribution is 2.19. The van der Waals surface area contributed by atoms with E-state index in [1.54, 1.807) is 43.0 Å². The van der Waals surface area contributed by atoms with Crippen LogP contribution in [0.15, 0.2) is 24.3 Å². The molecule has 124 valence electrons. The Kier molecular flexibility index (Phi) is 5.97. The van der Waals surface area contributed by atoms with Crippen LogP contribution in [0, 0.1) is 11.3 Å². The van der Waals surface area contributed by atoms with Gasteiger partial charge in [-0.3, -0.25) is 9.69 Å². The van der Waals surface area contributed by atoms with Crippen LogP contribution in [0.5, 0.6) is 5.75 Å². The molecule has 1 saturated heterocycles. The first kappa shape index (κ1) is 17.3. The minimum atomic E-state index is -0.632. The highest BCUT2D eigenvalue weighted by atomic mass is 16.5. The number of piperazine rings is 1. The maximum absolute atomic E-state index is 12.5. The zero-order valence-corrected chi connectivity index (χ0v) is 13.6. The van der Waals surface area contributed by atoms with E-state index in [9.17, 15) is 9.90 Å². The minimum absolute atomic E-state index is 0.0746. The van der Waals surface area contributed by atoms with E-state index in [0.29, 0.717) is 30.9 Å². The summed E-state index contributed by atoms with van der Waals surface area (Å²) in [4.78, 5) is 16.4. The maximum atomic E-state index is 12.5. The molecule has 1 aliphatic rings. The number of rotatable bonds is 5. The number of hydrogen-bond acceptors (Lipinski definition) is 5. The number of β-amino-alcohol motifs (C(OH)–C–C–N with tert-alkyl or cyclic N) is 1. The lowest BCUT2D eigenvalue weighted by Gasteiger charge is -2.36. The Morgan fingerprint density at radius 1 is 1.30 bits per heavy atom. The lowest BCUT2D eigenvalue weighted by molar-refractivity contribution is -0.139. The van der Waals surface area contributed by atoms with Crippen LogP contribution in [0.2, 0.25) is 0 Å². The van der Waals surface area contributed by atoms with Gasteiger partial charge in [0.05, 0.1) is 11.7 Å². The lowest BCUT2D eigenvalue weighted by atomic mass is 10.2. The molecule has 1 aliphatic heterocycles. The fourth-order valence-electron chi connectivity index (χ4n) is 2.68. The molecule has 6 nitrogen and oxygen atoms in total. The topological polar surface area (TPSA) is 76.8 Å². The van der Waals surface area contributed by atoms with Crippen LogP contribution in [0.3, 0.4) is 0 Å². The number of para-hydroxylation sites is 1. The Bertz CT molecular complexity index is 575. The molecule has 1 N–H and O–H groups in total. The van der Waals surface area contributed by atoms with Crippen LogP contribution in [-0.2, 0) is 4.79 Å². The van der Waals surface area contributed by atoms with Crippen LogP contribution in [-0.4, -0.2) is 65.7 Å². The Hall–Kier alpha value is -2.10. The molecule has 0 saturated carbocycles. The largest absolute Gasteiger partial charge is 0.480 e. The van der Waals surface area contributed by atoms with E-state index >= 15 is 0 Å². The molecule has 2 atom stereocenters. The van der Waals surface area contributed by atoms with Gasteiger partial charge >= 0.3 is 0 Å². The molecule has 1 heterocycles. The first-order chi connectivity index (χ1) is 11.0. The average Bonchev–Trinajstić information content (AvgIpc) is 2.55. The predicted octanol–water partition coefficient (Wildman–Crippen LogP) is 0.851. The molecule has 1 aromatic carbocycles. The fourth-order valence-corrected chi connectivity index (χ4v) is 2.68. The molecule has 1 amide bonds. The van der Waals surface area contributed by atoms with Gasteiger partial charge in [0.15, 0.2) is 6.10 Å². The van der Waals surface area contributed by atoms with Crippen molar-refractivity contribution in [3.8, 4) is 11.8 Å². The van der Waals surface area contributed by atoms with Gasteiger partial charge in [0, 0.05) is 32.7 Å². The minimum Gasteiger partial charge on any atom is -0.480 e. The summed E-state index contributed by atoms with van der Waals surface area (Å²) in [5.41, 5.74) is 0.425. The number of nitriles is 1. The zero-order chi connectivity index (χ0) is 16.8. The van der Waals surface area contributed by atoms with Crippen molar-refractivity contribution in [2.24, 2.45) is 0 Å². The highest BCUT2D eigenvalue weighted by Gasteiger charge is 2.26. The second kappa shape index (κ2) is 7.95. The van der Waals surface area contributed by atoms with Crippen molar-refractivity contribution in [2.75, 3.05) is 32.7 Å². The van der Waals surface area contributed by atoms with Gasteiger partial charge in [-0.25, -0.2) is 0 Å². The standard InChI is InChI=1S/C17H23N3O3/c1-13(21)12-19-7-9-20(10-8-19)17(22)14(2)23-16-6-4-3-5-15(16)11-18/h3-6,13-14,21H,7-10,12H2,1-2H3. The SMILES string of the molecule is CC(O)CN1CCN(C(=O)C(C)Oc2ccccc2C#N)CC1. The molecule has 0 aromatic heterocycles. The van der Waals surface area contributed by atoms with E-state index in [-0.39, 0.29) is 12.0 Å². The van der Waals surface area contributed by atoms with E-state index in [4.69, 9.17) is 10.00 Å². The maximum Gasteiger partial charge on any atom is 0.263 e. The third-order valence-corrected chi connectivity index (χ3v) is 3.87. The molecular weight excluding hydrogens is 294 g/mol. The van der Waals surface area contributed by atoms with Crippen LogP contribution in [0.25, 0.3) is 0 Å². The van der Waals surface area contributed by atoms with Gasteiger partial charge in [0.2, 0.25) is 0 Å². The summed E-state index contributed by atoms with van der Waals surface area (Å²) in [7, 11) is 0. The summed E-state index contributed by atoms with van der Waals surface area (Å²) in [5, 5.41) is 18.5. The Labute approximate surface area is 136 Å². The second-order valence-corrected chi connectivity index (χ2v) is 5.84. The summed E-state index contributed by atoms with van der Waals surface area (Å²) in [5.74, 6) is 0.359. The first-order valence-electron chi connectivity index (χ1n) is 7.86. The second-order valence-electron chi connectivity index (χ2n) is 5.84. The molecule has 1 aromatic rings. The average molecular weight is 317 g/mol. The molecule has 6 heteroatoms. The molecule has 0 spiro atoms. The number of hydrogen-bond donors (Lipinski definition) is 1. The Morgan fingerprint density at radius 3 is 2.57 bits per heavy atom. The molecular formula is C17H23N3O3. The van der Waals surface area contributed by atoms with E-state index in [1.807, 2.05) is 0 Å². The van der Waals surface area contributed by atoms with Crippen molar-refractivity contribution in [3.05, 3.63) is 29.8 Å². The van der Waals surface area contributed by atoms with Gasteiger partial charge in [-0.15, -0.1) is 0 Å². The van der Waals surface area contributed by atoms with Crippen molar-refractivity contribution in [1.82, 2.24) is 9.80 Å². The van der Waals surface area contributed by atoms with Gasteiger partial charge in [0.1, 0.15) is 11.8 Å². The predicted molar refractivity (Wildman–Crippen MR) is 85.9 cm³/mol. The van der Waals surface area contributed by atoms with E-state index in [0.717, 1.165) is 13.1 Å². The first-order valence-corrected chi connectivity index (χ1v) is 7.86. The number of carbonyl (C=O) groups excluding carboxylic acids is 1. The number of nitrogens with zero attached hydrogens (tertiary/aromatic N) is 3. The number of aliphatic hydroxyl groups is 1. The van der Waals surface area contributed by atoms with E-state index < -0.39 is 6.10 Å². The third kappa shape index (κ3) is 4.68. The summed E-state index contributed by atoms with van der Waals surface area (Å²) in [6, 6.07) is 8.97. The molecule has 0 radical (unpaired) electrons. The monoisotopic (exact) mass is 317 g/mol. The molecule has 23 heavy (non-hydrogen) atoms. The van der Waals surface area contributed by atoms with Crippen LogP contribution < -0.4 is 4.74 Å². The van der Waals surface area contributed by atoms with Crippen molar-refractivity contribution in [2.45, 2.75) is 26.1 Å². The van der Waals surface area contributed by atoms with Gasteiger partial charge < -0.3 is 14.7 Å². The molecule has 0 aliphatic carbocycles. The summed E-state index contributed by atoms with van der Waals surface area (Å²) in [6.07, 6.45) is -0.991. The van der Waals surface area contributed by atoms with Crippen LogP contribution in [0.1, 0.15) is 19.4 Å². The summed E-state index contributed by atoms with van der Waals surface area (Å²) in [6.45, 7) is 6.84. The molecule has 2 rings (SSSR count). The Balaban J connectivity index is 1.90. The van der Waals surface area contributed by atoms with Gasteiger partial charge in [-0.2, -0.15) is 5.26 Å².